The van der Waals surface area contributed by atoms with E-state index in [1.165, 1.54) is 36.8 Å². The maximum atomic E-state index is 5.89. The van der Waals surface area contributed by atoms with Gasteiger partial charge in [-0.1, -0.05) is 36.7 Å². The Labute approximate surface area is 131 Å². The second-order valence-electron chi connectivity index (χ2n) is 6.00. The van der Waals surface area contributed by atoms with Gasteiger partial charge < -0.3 is 10.1 Å². The molecule has 0 radical (unpaired) electrons. The summed E-state index contributed by atoms with van der Waals surface area (Å²) in [5.41, 5.74) is 2.45. The molecule has 0 amide bonds. The molecular weight excluding hydrogens is 280 g/mol. The predicted octanol–water partition coefficient (Wildman–Crippen LogP) is 3.69. The number of nitrogens with one attached hydrogen (secondary N) is 1. The summed E-state index contributed by atoms with van der Waals surface area (Å²) in [6, 6.07) is 7.48. The summed E-state index contributed by atoms with van der Waals surface area (Å²) >= 11 is 1.79. The van der Waals surface area contributed by atoms with Gasteiger partial charge in [-0.25, -0.2) is 0 Å². The number of rotatable bonds is 4. The van der Waals surface area contributed by atoms with Crippen molar-refractivity contribution in [2.24, 2.45) is 4.99 Å². The zero-order chi connectivity index (χ0) is 14.7. The molecule has 1 saturated carbocycles. The SMILES string of the molecule is Cc1ccc(C)c(OCCSC2=NC3CCCCC3N2)c1. The van der Waals surface area contributed by atoms with E-state index in [2.05, 4.69) is 37.4 Å². The molecule has 0 bridgehead atoms. The van der Waals surface area contributed by atoms with Gasteiger partial charge in [-0.3, -0.25) is 4.99 Å². The highest BCUT2D eigenvalue weighted by atomic mass is 32.2. The van der Waals surface area contributed by atoms with E-state index in [0.29, 0.717) is 12.1 Å². The van der Waals surface area contributed by atoms with Gasteiger partial charge in [0.1, 0.15) is 5.75 Å². The Morgan fingerprint density at radius 2 is 2.14 bits per heavy atom. The smallest absolute Gasteiger partial charge is 0.157 e. The monoisotopic (exact) mass is 304 g/mol. The lowest BCUT2D eigenvalue weighted by Crippen LogP contribution is -2.36. The number of hydrogen-bond acceptors (Lipinski definition) is 4. The minimum absolute atomic E-state index is 0.529. The minimum atomic E-state index is 0.529. The van der Waals surface area contributed by atoms with Crippen LogP contribution in [-0.4, -0.2) is 29.6 Å². The number of aryl methyl sites for hydroxylation is 2. The molecule has 1 aliphatic carbocycles. The lowest BCUT2D eigenvalue weighted by atomic mass is 9.92. The van der Waals surface area contributed by atoms with E-state index < -0.39 is 0 Å². The average molecular weight is 304 g/mol. The number of hydrogen-bond donors (Lipinski definition) is 1. The molecule has 0 aromatic heterocycles. The number of fused-ring (bicyclic) bond motifs is 1. The Morgan fingerprint density at radius 1 is 1.29 bits per heavy atom. The first-order valence-electron chi connectivity index (χ1n) is 7.89. The van der Waals surface area contributed by atoms with Gasteiger partial charge in [-0.2, -0.15) is 0 Å². The zero-order valence-corrected chi connectivity index (χ0v) is 13.7. The van der Waals surface area contributed by atoms with Crippen LogP contribution in [0.3, 0.4) is 0 Å². The van der Waals surface area contributed by atoms with Crippen LogP contribution >= 0.6 is 11.8 Å². The fourth-order valence-corrected chi connectivity index (χ4v) is 3.82. The van der Waals surface area contributed by atoms with E-state index in [1.54, 1.807) is 11.8 Å². The molecule has 0 spiro atoms. The van der Waals surface area contributed by atoms with Crippen molar-refractivity contribution in [1.82, 2.24) is 5.32 Å². The maximum absolute atomic E-state index is 5.89. The van der Waals surface area contributed by atoms with Crippen LogP contribution < -0.4 is 10.1 Å². The molecule has 2 aliphatic rings. The summed E-state index contributed by atoms with van der Waals surface area (Å²) in [5, 5.41) is 4.69. The van der Waals surface area contributed by atoms with Gasteiger partial charge in [0, 0.05) is 5.75 Å². The van der Waals surface area contributed by atoms with Crippen LogP contribution in [0.4, 0.5) is 0 Å². The van der Waals surface area contributed by atoms with E-state index in [1.807, 2.05) is 0 Å². The van der Waals surface area contributed by atoms with Crippen molar-refractivity contribution in [3.05, 3.63) is 29.3 Å². The van der Waals surface area contributed by atoms with Crippen molar-refractivity contribution in [3.8, 4) is 5.75 Å². The molecular formula is C17H24N2OS. The summed E-state index contributed by atoms with van der Waals surface area (Å²) in [6.07, 6.45) is 5.20. The number of thioether (sulfide) groups is 1. The van der Waals surface area contributed by atoms with E-state index >= 15 is 0 Å². The van der Waals surface area contributed by atoms with Crippen molar-refractivity contribution in [3.63, 3.8) is 0 Å². The molecule has 1 aromatic carbocycles. The minimum Gasteiger partial charge on any atom is -0.492 e. The zero-order valence-electron chi connectivity index (χ0n) is 12.9. The second-order valence-corrected chi connectivity index (χ2v) is 7.09. The van der Waals surface area contributed by atoms with E-state index in [9.17, 15) is 0 Å². The number of ether oxygens (including phenoxy) is 1. The molecule has 1 aromatic rings. The largest absolute Gasteiger partial charge is 0.492 e. The number of aliphatic imine (C=N–C) groups is 1. The van der Waals surface area contributed by atoms with Gasteiger partial charge in [0.05, 0.1) is 18.7 Å². The van der Waals surface area contributed by atoms with E-state index in [4.69, 9.17) is 9.73 Å². The highest BCUT2D eigenvalue weighted by molar-refractivity contribution is 8.13. The Bertz CT molecular complexity index is 530. The molecule has 3 rings (SSSR count). The molecule has 1 N–H and O–H groups in total. The first kappa shape index (κ1) is 14.8. The van der Waals surface area contributed by atoms with Crippen LogP contribution in [0.25, 0.3) is 0 Å². The molecule has 3 nitrogen and oxygen atoms in total. The quantitative estimate of drug-likeness (QED) is 0.861. The van der Waals surface area contributed by atoms with Crippen molar-refractivity contribution in [2.45, 2.75) is 51.6 Å². The Balaban J connectivity index is 1.43. The summed E-state index contributed by atoms with van der Waals surface area (Å²) in [4.78, 5) is 4.80. The molecule has 2 atom stereocenters. The average Bonchev–Trinajstić information content (AvgIpc) is 2.89. The van der Waals surface area contributed by atoms with Crippen molar-refractivity contribution in [1.29, 1.82) is 0 Å². The van der Waals surface area contributed by atoms with Crippen LogP contribution in [-0.2, 0) is 0 Å². The van der Waals surface area contributed by atoms with Gasteiger partial charge in [0.2, 0.25) is 0 Å². The molecule has 1 fully saturated rings. The van der Waals surface area contributed by atoms with E-state index in [0.717, 1.165) is 23.3 Å². The number of nitrogens with zero attached hydrogens (tertiary/aromatic N) is 1. The molecule has 21 heavy (non-hydrogen) atoms. The lowest BCUT2D eigenvalue weighted by Gasteiger charge is -2.23. The third kappa shape index (κ3) is 3.73. The molecule has 1 aliphatic heterocycles. The van der Waals surface area contributed by atoms with Crippen LogP contribution in [0.15, 0.2) is 23.2 Å². The lowest BCUT2D eigenvalue weighted by molar-refractivity contribution is 0.341. The fraction of sp³-hybridized carbons (Fsp3) is 0.588. The number of amidine groups is 1. The maximum Gasteiger partial charge on any atom is 0.157 e. The fourth-order valence-electron chi connectivity index (χ4n) is 3.01. The molecule has 1 heterocycles. The number of benzene rings is 1. The Hall–Kier alpha value is -1.16. The van der Waals surface area contributed by atoms with Crippen LogP contribution in [0, 0.1) is 13.8 Å². The predicted molar refractivity (Wildman–Crippen MR) is 90.5 cm³/mol. The highest BCUT2D eigenvalue weighted by Crippen LogP contribution is 2.27. The van der Waals surface area contributed by atoms with Crippen LogP contribution in [0.2, 0.25) is 0 Å². The summed E-state index contributed by atoms with van der Waals surface area (Å²) in [6.45, 7) is 4.92. The molecule has 2 unspecified atom stereocenters. The standard InChI is InChI=1S/C17H24N2OS/c1-12-7-8-13(2)16(11-12)20-9-10-21-17-18-14-5-3-4-6-15(14)19-17/h7-8,11,14-15H,3-6,9-10H2,1-2H3,(H,18,19). The molecule has 0 saturated heterocycles. The topological polar surface area (TPSA) is 33.6 Å². The van der Waals surface area contributed by atoms with Crippen molar-refractivity contribution < 1.29 is 4.74 Å². The normalized spacial score (nSPS) is 24.2. The first-order valence-corrected chi connectivity index (χ1v) is 8.88. The van der Waals surface area contributed by atoms with Gasteiger partial charge >= 0.3 is 0 Å². The third-order valence-corrected chi connectivity index (χ3v) is 5.11. The van der Waals surface area contributed by atoms with E-state index in [-0.39, 0.29) is 0 Å². The van der Waals surface area contributed by atoms with Crippen LogP contribution in [0.5, 0.6) is 5.75 Å². The Morgan fingerprint density at radius 3 is 3.00 bits per heavy atom. The van der Waals surface area contributed by atoms with Gasteiger partial charge in [-0.15, -0.1) is 0 Å². The third-order valence-electron chi connectivity index (χ3n) is 4.24. The second kappa shape index (κ2) is 6.73. The molecule has 4 heteroatoms. The summed E-state index contributed by atoms with van der Waals surface area (Å²) < 4.78 is 5.89. The first-order chi connectivity index (χ1) is 10.2. The van der Waals surface area contributed by atoms with Gasteiger partial charge in [0.25, 0.3) is 0 Å². The van der Waals surface area contributed by atoms with Crippen molar-refractivity contribution >= 4 is 16.9 Å². The Kier molecular flexibility index (Phi) is 4.73. The molecule has 114 valence electrons. The van der Waals surface area contributed by atoms with Crippen molar-refractivity contribution in [2.75, 3.05) is 12.4 Å². The van der Waals surface area contributed by atoms with Gasteiger partial charge in [-0.05, 0) is 43.9 Å². The highest BCUT2D eigenvalue weighted by Gasteiger charge is 2.30. The summed E-state index contributed by atoms with van der Waals surface area (Å²) in [7, 11) is 0. The van der Waals surface area contributed by atoms with Gasteiger partial charge in [0.15, 0.2) is 5.17 Å². The van der Waals surface area contributed by atoms with Crippen LogP contribution in [0.1, 0.15) is 36.8 Å². The summed E-state index contributed by atoms with van der Waals surface area (Å²) in [5.74, 6) is 1.95.